The SMILES string of the molecule is O=[C]Cc1ccc(CCCl)cc1. The van der Waals surface area contributed by atoms with Crippen LogP contribution in [0, 0.1) is 0 Å². The maximum absolute atomic E-state index is 10.0. The first-order valence-electron chi connectivity index (χ1n) is 3.85. The van der Waals surface area contributed by atoms with Gasteiger partial charge in [-0.2, -0.15) is 0 Å². The Bertz CT molecular complexity index is 241. The molecule has 12 heavy (non-hydrogen) atoms. The van der Waals surface area contributed by atoms with Crippen molar-refractivity contribution in [3.63, 3.8) is 0 Å². The highest BCUT2D eigenvalue weighted by molar-refractivity contribution is 6.17. The van der Waals surface area contributed by atoms with Gasteiger partial charge in [-0.1, -0.05) is 24.3 Å². The summed E-state index contributed by atoms with van der Waals surface area (Å²) in [5.74, 6) is 0.638. The molecule has 0 aliphatic rings. The number of benzene rings is 1. The highest BCUT2D eigenvalue weighted by Gasteiger charge is 1.93. The van der Waals surface area contributed by atoms with E-state index in [0.717, 1.165) is 12.0 Å². The van der Waals surface area contributed by atoms with E-state index in [9.17, 15) is 4.79 Å². The van der Waals surface area contributed by atoms with Crippen LogP contribution in [0.15, 0.2) is 24.3 Å². The molecule has 0 unspecified atom stereocenters. The molecule has 0 saturated heterocycles. The van der Waals surface area contributed by atoms with Crippen molar-refractivity contribution < 1.29 is 4.79 Å². The summed E-state index contributed by atoms with van der Waals surface area (Å²) >= 11 is 5.57. The first-order chi connectivity index (χ1) is 5.86. The van der Waals surface area contributed by atoms with Crippen molar-refractivity contribution in [2.45, 2.75) is 12.8 Å². The number of aryl methyl sites for hydroxylation is 1. The van der Waals surface area contributed by atoms with Gasteiger partial charge >= 0.3 is 0 Å². The Morgan fingerprint density at radius 3 is 2.25 bits per heavy atom. The van der Waals surface area contributed by atoms with Gasteiger partial charge in [-0.3, -0.25) is 4.79 Å². The van der Waals surface area contributed by atoms with Crippen molar-refractivity contribution in [3.05, 3.63) is 35.4 Å². The Morgan fingerprint density at radius 2 is 1.75 bits per heavy atom. The van der Waals surface area contributed by atoms with E-state index < -0.39 is 0 Å². The maximum Gasteiger partial charge on any atom is 0.203 e. The summed E-state index contributed by atoms with van der Waals surface area (Å²) in [5.41, 5.74) is 2.21. The van der Waals surface area contributed by atoms with Crippen LogP contribution in [0.1, 0.15) is 11.1 Å². The third-order valence-electron chi connectivity index (χ3n) is 1.68. The Kier molecular flexibility index (Phi) is 3.81. The Hall–Kier alpha value is -0.820. The molecule has 0 N–H and O–H groups in total. The van der Waals surface area contributed by atoms with Crippen LogP contribution in [0.3, 0.4) is 0 Å². The molecule has 63 valence electrons. The number of carbonyl (C=O) groups excluding carboxylic acids is 1. The fraction of sp³-hybridized carbons (Fsp3) is 0.300. The fourth-order valence-electron chi connectivity index (χ4n) is 1.02. The van der Waals surface area contributed by atoms with E-state index in [-0.39, 0.29) is 0 Å². The van der Waals surface area contributed by atoms with E-state index in [4.69, 9.17) is 11.6 Å². The van der Waals surface area contributed by atoms with Gasteiger partial charge in [-0.15, -0.1) is 11.6 Å². The molecule has 0 aliphatic heterocycles. The van der Waals surface area contributed by atoms with Crippen LogP contribution in [0.2, 0.25) is 0 Å². The molecule has 0 bridgehead atoms. The van der Waals surface area contributed by atoms with E-state index in [0.29, 0.717) is 12.3 Å². The van der Waals surface area contributed by atoms with Gasteiger partial charge < -0.3 is 0 Å². The van der Waals surface area contributed by atoms with Gasteiger partial charge in [0.1, 0.15) is 0 Å². The van der Waals surface area contributed by atoms with Crippen molar-refractivity contribution >= 4 is 17.9 Å². The minimum absolute atomic E-state index is 0.376. The topological polar surface area (TPSA) is 17.1 Å². The summed E-state index contributed by atoms with van der Waals surface area (Å²) in [4.78, 5) is 10.0. The molecular weight excluding hydrogens is 172 g/mol. The van der Waals surface area contributed by atoms with Gasteiger partial charge in [0.05, 0.1) is 0 Å². The molecule has 1 aromatic rings. The Labute approximate surface area is 77.4 Å². The normalized spacial score (nSPS) is 9.75. The van der Waals surface area contributed by atoms with E-state index in [1.54, 1.807) is 0 Å². The molecule has 0 saturated carbocycles. The van der Waals surface area contributed by atoms with Crippen LogP contribution < -0.4 is 0 Å². The molecule has 2 heteroatoms. The molecule has 0 aliphatic carbocycles. The highest BCUT2D eigenvalue weighted by atomic mass is 35.5. The third kappa shape index (κ3) is 2.67. The number of alkyl halides is 1. The summed E-state index contributed by atoms with van der Waals surface area (Å²) in [7, 11) is 0. The van der Waals surface area contributed by atoms with Crippen molar-refractivity contribution in [2.75, 3.05) is 5.88 Å². The van der Waals surface area contributed by atoms with Crippen molar-refractivity contribution in [3.8, 4) is 0 Å². The molecule has 0 heterocycles. The average Bonchev–Trinajstić information content (AvgIpc) is 2.09. The fourth-order valence-corrected chi connectivity index (χ4v) is 1.23. The number of rotatable bonds is 4. The van der Waals surface area contributed by atoms with Crippen LogP contribution in [-0.4, -0.2) is 12.2 Å². The molecule has 1 rings (SSSR count). The smallest absolute Gasteiger partial charge is 0.203 e. The van der Waals surface area contributed by atoms with E-state index in [2.05, 4.69) is 0 Å². The summed E-state index contributed by atoms with van der Waals surface area (Å²) in [5, 5.41) is 0. The first kappa shape index (κ1) is 9.27. The molecule has 1 radical (unpaired) electrons. The summed E-state index contributed by atoms with van der Waals surface area (Å²) < 4.78 is 0. The second kappa shape index (κ2) is 4.94. The quantitative estimate of drug-likeness (QED) is 0.651. The highest BCUT2D eigenvalue weighted by Crippen LogP contribution is 2.05. The van der Waals surface area contributed by atoms with Crippen LogP contribution >= 0.6 is 11.6 Å². The molecule has 0 spiro atoms. The average molecular weight is 182 g/mol. The number of hydrogen-bond acceptors (Lipinski definition) is 1. The number of halogens is 1. The summed E-state index contributed by atoms with van der Waals surface area (Å²) in [6, 6.07) is 7.86. The predicted molar refractivity (Wildman–Crippen MR) is 50.3 cm³/mol. The molecule has 0 aromatic heterocycles. The number of hydrogen-bond donors (Lipinski definition) is 0. The zero-order valence-corrected chi connectivity index (χ0v) is 7.47. The van der Waals surface area contributed by atoms with Gasteiger partial charge in [0.15, 0.2) is 0 Å². The monoisotopic (exact) mass is 181 g/mol. The van der Waals surface area contributed by atoms with Crippen LogP contribution in [0.25, 0.3) is 0 Å². The van der Waals surface area contributed by atoms with E-state index in [1.165, 1.54) is 5.56 Å². The van der Waals surface area contributed by atoms with Gasteiger partial charge in [-0.05, 0) is 17.5 Å². The van der Waals surface area contributed by atoms with E-state index >= 15 is 0 Å². The first-order valence-corrected chi connectivity index (χ1v) is 4.39. The van der Waals surface area contributed by atoms with Gasteiger partial charge in [0.2, 0.25) is 6.29 Å². The van der Waals surface area contributed by atoms with Gasteiger partial charge in [0, 0.05) is 12.3 Å². The second-order valence-electron chi connectivity index (χ2n) is 2.58. The predicted octanol–water partition coefficient (Wildman–Crippen LogP) is 2.12. The molecule has 0 amide bonds. The van der Waals surface area contributed by atoms with Crippen LogP contribution in [0.5, 0.6) is 0 Å². The molecular formula is C10H10ClO. The van der Waals surface area contributed by atoms with Crippen LogP contribution in [0.4, 0.5) is 0 Å². The summed E-state index contributed by atoms with van der Waals surface area (Å²) in [6.45, 7) is 0. The van der Waals surface area contributed by atoms with Gasteiger partial charge in [0.25, 0.3) is 0 Å². The minimum Gasteiger partial charge on any atom is -0.291 e. The third-order valence-corrected chi connectivity index (χ3v) is 1.87. The lowest BCUT2D eigenvalue weighted by Crippen LogP contribution is -1.88. The lowest BCUT2D eigenvalue weighted by Gasteiger charge is -1.98. The zero-order valence-electron chi connectivity index (χ0n) is 6.72. The van der Waals surface area contributed by atoms with Crippen molar-refractivity contribution in [2.24, 2.45) is 0 Å². The lowest BCUT2D eigenvalue weighted by molar-refractivity contribution is 0.555. The van der Waals surface area contributed by atoms with Crippen molar-refractivity contribution in [1.82, 2.24) is 0 Å². The molecule has 1 aromatic carbocycles. The standard InChI is InChI=1S/C10H10ClO/c11-7-5-9-1-3-10(4-2-9)6-8-12/h1-4H,5-7H2. The minimum atomic E-state index is 0.376. The largest absolute Gasteiger partial charge is 0.291 e. The Morgan fingerprint density at radius 1 is 1.17 bits per heavy atom. The summed E-state index contributed by atoms with van der Waals surface area (Å²) in [6.07, 6.45) is 3.12. The molecule has 0 fully saturated rings. The van der Waals surface area contributed by atoms with E-state index in [1.807, 2.05) is 30.6 Å². The van der Waals surface area contributed by atoms with Crippen LogP contribution in [-0.2, 0) is 17.6 Å². The van der Waals surface area contributed by atoms with Gasteiger partial charge in [-0.25, -0.2) is 0 Å². The van der Waals surface area contributed by atoms with Crippen molar-refractivity contribution in [1.29, 1.82) is 0 Å². The Balaban J connectivity index is 2.64. The molecule has 0 atom stereocenters. The second-order valence-corrected chi connectivity index (χ2v) is 2.95. The maximum atomic E-state index is 10.0. The molecule has 1 nitrogen and oxygen atoms in total. The zero-order chi connectivity index (χ0) is 8.81. The lowest BCUT2D eigenvalue weighted by atomic mass is 10.1.